The molecule has 0 aromatic carbocycles. The lowest BCUT2D eigenvalue weighted by atomic mass is 9.80. The van der Waals surface area contributed by atoms with Crippen molar-refractivity contribution in [3.63, 3.8) is 0 Å². The predicted molar refractivity (Wildman–Crippen MR) is 181 cm³/mol. The number of carbonyl (C=O) groups is 6. The van der Waals surface area contributed by atoms with Gasteiger partial charge in [-0.1, -0.05) is 73.1 Å². The minimum atomic E-state index is -1.22. The topological polar surface area (TPSA) is 177 Å². The summed E-state index contributed by atoms with van der Waals surface area (Å²) in [4.78, 5) is 81.6. The van der Waals surface area contributed by atoms with Gasteiger partial charge in [-0.25, -0.2) is 9.59 Å². The average Bonchev–Trinajstić information content (AvgIpc) is 3.69. The Hall–Kier alpha value is -3.48. The molecule has 1 aromatic rings. The molecule has 4 atom stereocenters. The highest BCUT2D eigenvalue weighted by atomic mass is 32.1. The smallest absolute Gasteiger partial charge is 0.332 e. The van der Waals surface area contributed by atoms with Crippen molar-refractivity contribution in [3.05, 3.63) is 22.4 Å². The van der Waals surface area contributed by atoms with E-state index in [1.54, 1.807) is 0 Å². The first kappa shape index (κ1) is 37.3. The van der Waals surface area contributed by atoms with Crippen LogP contribution >= 0.6 is 11.3 Å². The normalized spacial score (nSPS) is 22.2. The Kier molecular flexibility index (Phi) is 12.3. The molecule has 12 nitrogen and oxygen atoms in total. The number of nitrogens with one attached hydrogen (secondary N) is 3. The maximum Gasteiger partial charge on any atom is 0.332 e. The molecule has 3 aliphatic rings. The van der Waals surface area contributed by atoms with E-state index in [0.717, 1.165) is 44.1 Å². The molecule has 13 heteroatoms. The Morgan fingerprint density at radius 3 is 2.25 bits per heavy atom. The third-order valence-electron chi connectivity index (χ3n) is 10.3. The van der Waals surface area contributed by atoms with E-state index in [2.05, 4.69) is 16.0 Å². The molecule has 2 saturated carbocycles. The number of ketones is 1. The van der Waals surface area contributed by atoms with Crippen molar-refractivity contribution in [2.24, 2.45) is 28.9 Å². The second-order valence-corrected chi connectivity index (χ2v) is 16.0. The summed E-state index contributed by atoms with van der Waals surface area (Å²) < 4.78 is 5.66. The molecule has 266 valence electrons. The van der Waals surface area contributed by atoms with Crippen LogP contribution in [0.3, 0.4) is 0 Å². The summed E-state index contributed by atoms with van der Waals surface area (Å²) >= 11 is 1.51. The lowest BCUT2D eigenvalue weighted by molar-refractivity contribution is -0.154. The van der Waals surface area contributed by atoms with Gasteiger partial charge < -0.3 is 31.3 Å². The summed E-state index contributed by atoms with van der Waals surface area (Å²) in [6.07, 6.45) is 7.02. The molecule has 5 amide bonds. The van der Waals surface area contributed by atoms with E-state index in [-0.39, 0.29) is 30.9 Å². The van der Waals surface area contributed by atoms with Gasteiger partial charge in [0.1, 0.15) is 24.2 Å². The summed E-state index contributed by atoms with van der Waals surface area (Å²) in [5.74, 6) is -3.35. The minimum Gasteiger partial charge on any atom is -0.459 e. The largest absolute Gasteiger partial charge is 0.459 e. The van der Waals surface area contributed by atoms with Crippen molar-refractivity contribution >= 4 is 46.8 Å². The van der Waals surface area contributed by atoms with Crippen LogP contribution in [0, 0.1) is 23.2 Å². The van der Waals surface area contributed by atoms with Crippen LogP contribution in [-0.2, 0) is 35.3 Å². The maximum atomic E-state index is 14.4. The number of hydrogen-bond donors (Lipinski definition) is 4. The molecule has 0 bridgehead atoms. The van der Waals surface area contributed by atoms with Crippen molar-refractivity contribution in [1.82, 2.24) is 20.9 Å². The number of hydrogen-bond acceptors (Lipinski definition) is 8. The third kappa shape index (κ3) is 8.95. The number of nitrogens with two attached hydrogens (primary N) is 1. The van der Waals surface area contributed by atoms with E-state index < -0.39 is 64.6 Å². The van der Waals surface area contributed by atoms with E-state index >= 15 is 0 Å². The van der Waals surface area contributed by atoms with Crippen LogP contribution in [0.1, 0.15) is 104 Å². The minimum absolute atomic E-state index is 0.0334. The van der Waals surface area contributed by atoms with Crippen molar-refractivity contribution in [1.29, 1.82) is 0 Å². The Balaban J connectivity index is 1.52. The molecular formula is C35H53N5O7S. The Bertz CT molecular complexity index is 1330. The third-order valence-corrected chi connectivity index (χ3v) is 11.0. The number of amides is 5. The van der Waals surface area contributed by atoms with Crippen molar-refractivity contribution in [2.45, 2.75) is 129 Å². The lowest BCUT2D eigenvalue weighted by Gasteiger charge is -2.39. The van der Waals surface area contributed by atoms with E-state index in [1.165, 1.54) is 16.2 Å². The predicted octanol–water partition coefficient (Wildman–Crippen LogP) is 3.81. The molecule has 5 N–H and O–H groups in total. The van der Waals surface area contributed by atoms with Crippen LogP contribution in [0.2, 0.25) is 0 Å². The first-order chi connectivity index (χ1) is 22.6. The highest BCUT2D eigenvalue weighted by Crippen LogP contribution is 2.35. The van der Waals surface area contributed by atoms with Gasteiger partial charge in [0.2, 0.25) is 17.6 Å². The summed E-state index contributed by atoms with van der Waals surface area (Å²) in [5.41, 5.74) is 4.23. The molecule has 2 aliphatic carbocycles. The molecule has 1 saturated heterocycles. The van der Waals surface area contributed by atoms with E-state index in [1.807, 2.05) is 51.4 Å². The number of carbonyl (C=O) groups excluding carboxylic acids is 6. The zero-order chi connectivity index (χ0) is 35.2. The first-order valence-electron chi connectivity index (χ1n) is 17.3. The number of likely N-dealkylation sites (tertiary alicyclic amines) is 1. The lowest BCUT2D eigenvalue weighted by Crippen LogP contribution is -2.64. The van der Waals surface area contributed by atoms with Gasteiger partial charge in [-0.2, -0.15) is 11.3 Å². The number of rotatable bonds is 13. The second-order valence-electron chi connectivity index (χ2n) is 15.2. The molecule has 0 spiro atoms. The highest BCUT2D eigenvalue weighted by Gasteiger charge is 2.49. The Morgan fingerprint density at radius 1 is 1.02 bits per heavy atom. The van der Waals surface area contributed by atoms with Gasteiger partial charge in [0, 0.05) is 12.1 Å². The van der Waals surface area contributed by atoms with Gasteiger partial charge >= 0.3 is 12.0 Å². The summed E-state index contributed by atoms with van der Waals surface area (Å²) in [5, 5.41) is 12.3. The number of primary amides is 1. The molecule has 1 aromatic heterocycles. The van der Waals surface area contributed by atoms with E-state index in [9.17, 15) is 28.8 Å². The van der Waals surface area contributed by atoms with Gasteiger partial charge in [0.15, 0.2) is 0 Å². The molecule has 1 unspecified atom stereocenters. The number of esters is 1. The Morgan fingerprint density at radius 2 is 1.71 bits per heavy atom. The number of Topliss-reactive ketones (excluding diaryl/α,β-unsaturated/α-hetero) is 1. The highest BCUT2D eigenvalue weighted by molar-refractivity contribution is 7.07. The Labute approximate surface area is 287 Å². The fourth-order valence-electron chi connectivity index (χ4n) is 7.22. The van der Waals surface area contributed by atoms with Crippen LogP contribution in [0.4, 0.5) is 4.79 Å². The van der Waals surface area contributed by atoms with Crippen LogP contribution in [0.15, 0.2) is 16.8 Å². The quantitative estimate of drug-likeness (QED) is 0.180. The van der Waals surface area contributed by atoms with Gasteiger partial charge in [-0.3, -0.25) is 19.2 Å². The molecular weight excluding hydrogens is 634 g/mol. The second kappa shape index (κ2) is 15.8. The van der Waals surface area contributed by atoms with Crippen molar-refractivity contribution in [2.75, 3.05) is 6.54 Å². The van der Waals surface area contributed by atoms with Gasteiger partial charge in [-0.15, -0.1) is 0 Å². The zero-order valence-corrected chi connectivity index (χ0v) is 29.8. The monoisotopic (exact) mass is 687 g/mol. The van der Waals surface area contributed by atoms with Crippen molar-refractivity contribution < 1.29 is 33.5 Å². The molecule has 2 heterocycles. The fourth-order valence-corrected chi connectivity index (χ4v) is 7.87. The van der Waals surface area contributed by atoms with E-state index in [0.29, 0.717) is 25.7 Å². The molecule has 4 rings (SSSR count). The molecule has 0 radical (unpaired) electrons. The van der Waals surface area contributed by atoms with Crippen molar-refractivity contribution in [3.8, 4) is 0 Å². The number of ether oxygens (including phenoxy) is 1. The maximum absolute atomic E-state index is 14.4. The fraction of sp³-hybridized carbons (Fsp3) is 0.714. The number of nitrogens with zero attached hydrogens (tertiary/aromatic N) is 1. The van der Waals surface area contributed by atoms with E-state index in [4.69, 9.17) is 10.5 Å². The van der Waals surface area contributed by atoms with Crippen LogP contribution < -0.4 is 21.7 Å². The number of thiophene rings is 1. The summed E-state index contributed by atoms with van der Waals surface area (Å²) in [6, 6.07) is -1.79. The molecule has 3 fully saturated rings. The van der Waals surface area contributed by atoms with Gasteiger partial charge in [0.25, 0.3) is 5.91 Å². The SMILES string of the molecule is CC(C)[C@H]1CCN(C(=O)[C@@H](NC(=O)NC2(C(=O)OCc3ccsc3)CCCCC2)C(C)(C)C)[C@@H]1C(=O)NC(CC1CCC1)C(=O)C(N)=O. The molecule has 48 heavy (non-hydrogen) atoms. The summed E-state index contributed by atoms with van der Waals surface area (Å²) in [7, 11) is 0. The van der Waals surface area contributed by atoms with Gasteiger partial charge in [0.05, 0.1) is 6.04 Å². The summed E-state index contributed by atoms with van der Waals surface area (Å²) in [6.45, 7) is 9.83. The first-order valence-corrected chi connectivity index (χ1v) is 18.3. The zero-order valence-electron chi connectivity index (χ0n) is 29.0. The van der Waals surface area contributed by atoms with Crippen LogP contribution in [-0.4, -0.2) is 70.6 Å². The number of urea groups is 1. The average molecular weight is 688 g/mol. The van der Waals surface area contributed by atoms with Crippen LogP contribution in [0.5, 0.6) is 0 Å². The standard InChI is InChI=1S/C35H53N5O7S/c1-21(2)24-12-16-40(26(24)30(43)37-25(27(41)29(36)42)18-22-10-9-11-22)31(44)28(34(3,4)5)38-33(46)39-35(14-7-6-8-15-35)32(45)47-19-23-13-17-48-20-23/h13,17,20-22,24-26,28H,6-12,14-16,18-19H2,1-5H3,(H2,36,42)(H,37,43)(H2,38,39,46)/t24-,25?,26+,28-/m1/s1. The van der Waals surface area contributed by atoms with Crippen LogP contribution in [0.25, 0.3) is 0 Å². The van der Waals surface area contributed by atoms with Gasteiger partial charge in [-0.05, 0) is 65.7 Å². The molecule has 1 aliphatic heterocycles.